The van der Waals surface area contributed by atoms with E-state index >= 15 is 0 Å². The van der Waals surface area contributed by atoms with Gasteiger partial charge in [-0.3, -0.25) is 10.2 Å². The van der Waals surface area contributed by atoms with E-state index < -0.39 is 11.9 Å². The summed E-state index contributed by atoms with van der Waals surface area (Å²) in [4.78, 5) is 11.5. The summed E-state index contributed by atoms with van der Waals surface area (Å²) in [5.74, 6) is -0.780. The van der Waals surface area contributed by atoms with Gasteiger partial charge in [-0.15, -0.1) is 0 Å². The lowest BCUT2D eigenvalue weighted by molar-refractivity contribution is -0.126. The topological polar surface area (TPSA) is 58.4 Å². The smallest absolute Gasteiger partial charge is 0.251 e. The molecule has 0 saturated heterocycles. The van der Waals surface area contributed by atoms with Gasteiger partial charge in [-0.25, -0.2) is 9.40 Å². The maximum absolute atomic E-state index is 12.9. The molecule has 0 aliphatic carbocycles. The third-order valence-electron chi connectivity index (χ3n) is 2.11. The monoisotopic (exact) mass is 259 g/mol. The van der Waals surface area contributed by atoms with Gasteiger partial charge in [0.25, 0.3) is 5.91 Å². The molecule has 0 bridgehead atoms. The van der Waals surface area contributed by atoms with Crippen LogP contribution in [0, 0.1) is 5.82 Å². The van der Waals surface area contributed by atoms with Crippen LogP contribution in [0.15, 0.2) is 18.2 Å². The number of hydrogen-bond acceptors (Lipinski definition) is 3. The van der Waals surface area contributed by atoms with E-state index in [1.165, 1.54) is 17.1 Å². The standard InChI is InChI=1S/C11H15ClFN3O/c1-16(2)15-11(17)10(14)6-7-3-4-9(13)8(12)5-7/h3-5,10H,6,14H2,1-2H3,(H,15,17). The Morgan fingerprint density at radius 1 is 1.59 bits per heavy atom. The summed E-state index contributed by atoms with van der Waals surface area (Å²) in [6.45, 7) is 0. The Balaban J connectivity index is 2.64. The van der Waals surface area contributed by atoms with E-state index in [1.807, 2.05) is 0 Å². The van der Waals surface area contributed by atoms with Gasteiger partial charge in [0.05, 0.1) is 11.1 Å². The molecule has 6 heteroatoms. The van der Waals surface area contributed by atoms with Crippen LogP contribution in [0.4, 0.5) is 4.39 Å². The van der Waals surface area contributed by atoms with Crippen molar-refractivity contribution < 1.29 is 9.18 Å². The molecule has 1 aromatic carbocycles. The van der Waals surface area contributed by atoms with E-state index in [0.717, 1.165) is 5.56 Å². The quantitative estimate of drug-likeness (QED) is 0.792. The third kappa shape index (κ3) is 4.30. The normalized spacial score (nSPS) is 12.6. The number of amides is 1. The summed E-state index contributed by atoms with van der Waals surface area (Å²) in [5.41, 5.74) is 8.98. The zero-order valence-corrected chi connectivity index (χ0v) is 10.5. The van der Waals surface area contributed by atoms with Gasteiger partial charge in [0, 0.05) is 14.1 Å². The molecular weight excluding hydrogens is 245 g/mol. The van der Waals surface area contributed by atoms with Gasteiger partial charge in [0.2, 0.25) is 0 Å². The average molecular weight is 260 g/mol. The number of carbonyl (C=O) groups is 1. The lowest BCUT2D eigenvalue weighted by Gasteiger charge is -2.16. The van der Waals surface area contributed by atoms with Crippen LogP contribution >= 0.6 is 11.6 Å². The molecule has 0 fully saturated rings. The molecule has 0 heterocycles. The Kier molecular flexibility index (Phi) is 4.86. The molecule has 3 N–H and O–H groups in total. The molecule has 0 saturated carbocycles. The molecule has 1 amide bonds. The lowest BCUT2D eigenvalue weighted by atomic mass is 10.1. The molecular formula is C11H15ClFN3O. The minimum Gasteiger partial charge on any atom is -0.320 e. The molecule has 0 aliphatic rings. The molecule has 0 aromatic heterocycles. The van der Waals surface area contributed by atoms with Crippen LogP contribution in [0.1, 0.15) is 5.56 Å². The Hall–Kier alpha value is -1.17. The summed E-state index contributed by atoms with van der Waals surface area (Å²) in [5, 5.41) is 1.54. The molecule has 0 aliphatic heterocycles. The highest BCUT2D eigenvalue weighted by molar-refractivity contribution is 6.30. The molecule has 0 radical (unpaired) electrons. The number of benzene rings is 1. The number of halogens is 2. The van der Waals surface area contributed by atoms with Crippen molar-refractivity contribution in [2.45, 2.75) is 12.5 Å². The Labute approximate surface area is 105 Å². The van der Waals surface area contributed by atoms with E-state index in [9.17, 15) is 9.18 Å². The highest BCUT2D eigenvalue weighted by atomic mass is 35.5. The van der Waals surface area contributed by atoms with Crippen molar-refractivity contribution in [1.82, 2.24) is 10.4 Å². The molecule has 1 aromatic rings. The van der Waals surface area contributed by atoms with Crippen LogP contribution in [-0.2, 0) is 11.2 Å². The number of rotatable bonds is 4. The minimum atomic E-state index is -0.695. The van der Waals surface area contributed by atoms with Crippen LogP contribution in [-0.4, -0.2) is 31.1 Å². The molecule has 1 atom stereocenters. The maximum atomic E-state index is 12.9. The summed E-state index contributed by atoms with van der Waals surface area (Å²) in [6, 6.07) is 3.59. The lowest BCUT2D eigenvalue weighted by Crippen LogP contribution is -2.47. The maximum Gasteiger partial charge on any atom is 0.251 e. The molecule has 1 rings (SSSR count). The van der Waals surface area contributed by atoms with Crippen molar-refractivity contribution in [3.05, 3.63) is 34.6 Å². The van der Waals surface area contributed by atoms with Crippen LogP contribution in [0.25, 0.3) is 0 Å². The van der Waals surface area contributed by atoms with Gasteiger partial charge in [-0.2, -0.15) is 0 Å². The van der Waals surface area contributed by atoms with Gasteiger partial charge in [-0.05, 0) is 24.1 Å². The second-order valence-electron chi connectivity index (χ2n) is 3.93. The SMILES string of the molecule is CN(C)NC(=O)C(N)Cc1ccc(F)c(Cl)c1. The molecule has 94 valence electrons. The fraction of sp³-hybridized carbons (Fsp3) is 0.364. The van der Waals surface area contributed by atoms with Crippen LogP contribution in [0.3, 0.4) is 0 Å². The zero-order valence-electron chi connectivity index (χ0n) is 9.71. The minimum absolute atomic E-state index is 0.0303. The fourth-order valence-corrected chi connectivity index (χ4v) is 1.52. The van der Waals surface area contributed by atoms with E-state index in [-0.39, 0.29) is 10.9 Å². The fourth-order valence-electron chi connectivity index (χ4n) is 1.32. The summed E-state index contributed by atoms with van der Waals surface area (Å²) in [6.07, 6.45) is 0.305. The number of nitrogens with zero attached hydrogens (tertiary/aromatic N) is 1. The molecule has 17 heavy (non-hydrogen) atoms. The van der Waals surface area contributed by atoms with E-state index in [2.05, 4.69) is 5.43 Å². The van der Waals surface area contributed by atoms with Crippen LogP contribution < -0.4 is 11.2 Å². The van der Waals surface area contributed by atoms with Crippen molar-refractivity contribution in [1.29, 1.82) is 0 Å². The van der Waals surface area contributed by atoms with E-state index in [1.54, 1.807) is 20.2 Å². The molecule has 1 unspecified atom stereocenters. The highest BCUT2D eigenvalue weighted by Gasteiger charge is 2.15. The van der Waals surface area contributed by atoms with Crippen LogP contribution in [0.2, 0.25) is 5.02 Å². The Morgan fingerprint density at radius 2 is 2.24 bits per heavy atom. The van der Waals surface area contributed by atoms with Crippen molar-refractivity contribution in [3.8, 4) is 0 Å². The van der Waals surface area contributed by atoms with Crippen molar-refractivity contribution in [2.75, 3.05) is 14.1 Å². The second kappa shape index (κ2) is 5.95. The summed E-state index contributed by atoms with van der Waals surface area (Å²) >= 11 is 5.64. The zero-order chi connectivity index (χ0) is 13.0. The first-order valence-electron chi connectivity index (χ1n) is 5.07. The number of hydrogen-bond donors (Lipinski definition) is 2. The van der Waals surface area contributed by atoms with Crippen LogP contribution in [0.5, 0.6) is 0 Å². The third-order valence-corrected chi connectivity index (χ3v) is 2.40. The first kappa shape index (κ1) is 13.9. The number of nitrogens with two attached hydrogens (primary N) is 1. The average Bonchev–Trinajstić information content (AvgIpc) is 2.22. The number of hydrazine groups is 1. The summed E-state index contributed by atoms with van der Waals surface area (Å²) in [7, 11) is 3.39. The van der Waals surface area contributed by atoms with Gasteiger partial charge in [0.15, 0.2) is 0 Å². The van der Waals surface area contributed by atoms with Gasteiger partial charge in [0.1, 0.15) is 5.82 Å². The highest BCUT2D eigenvalue weighted by Crippen LogP contribution is 2.16. The molecule has 0 spiro atoms. The Bertz CT molecular complexity index is 412. The first-order valence-corrected chi connectivity index (χ1v) is 5.45. The Morgan fingerprint density at radius 3 is 2.76 bits per heavy atom. The summed E-state index contributed by atoms with van der Waals surface area (Å²) < 4.78 is 12.9. The van der Waals surface area contributed by atoms with Gasteiger partial charge < -0.3 is 5.73 Å². The first-order chi connectivity index (χ1) is 7.90. The number of nitrogens with one attached hydrogen (secondary N) is 1. The van der Waals surface area contributed by atoms with Gasteiger partial charge >= 0.3 is 0 Å². The second-order valence-corrected chi connectivity index (χ2v) is 4.34. The van der Waals surface area contributed by atoms with Crippen molar-refractivity contribution in [3.63, 3.8) is 0 Å². The van der Waals surface area contributed by atoms with E-state index in [4.69, 9.17) is 17.3 Å². The van der Waals surface area contributed by atoms with Crippen molar-refractivity contribution >= 4 is 17.5 Å². The van der Waals surface area contributed by atoms with E-state index in [0.29, 0.717) is 6.42 Å². The van der Waals surface area contributed by atoms with Crippen molar-refractivity contribution in [2.24, 2.45) is 5.73 Å². The predicted octanol–water partition coefficient (Wildman–Crippen LogP) is 0.942. The van der Waals surface area contributed by atoms with Gasteiger partial charge in [-0.1, -0.05) is 17.7 Å². The molecule has 4 nitrogen and oxygen atoms in total. The predicted molar refractivity (Wildman–Crippen MR) is 64.9 cm³/mol. The largest absolute Gasteiger partial charge is 0.320 e. The number of carbonyl (C=O) groups excluding carboxylic acids is 1.